The Balaban J connectivity index is 1.99. The van der Waals surface area contributed by atoms with Gasteiger partial charge >= 0.3 is 0 Å². The van der Waals surface area contributed by atoms with E-state index >= 15 is 0 Å². The second-order valence-corrected chi connectivity index (χ2v) is 5.92. The summed E-state index contributed by atoms with van der Waals surface area (Å²) in [5.74, 6) is -0.0583. The van der Waals surface area contributed by atoms with E-state index in [1.807, 2.05) is 19.9 Å². The highest BCUT2D eigenvalue weighted by Gasteiger charge is 2.13. The van der Waals surface area contributed by atoms with Crippen LogP contribution in [0, 0.1) is 0 Å². The summed E-state index contributed by atoms with van der Waals surface area (Å²) in [7, 11) is 0. The highest BCUT2D eigenvalue weighted by molar-refractivity contribution is 5.94. The van der Waals surface area contributed by atoms with Gasteiger partial charge in [0.05, 0.1) is 11.3 Å². The van der Waals surface area contributed by atoms with Crippen molar-refractivity contribution < 1.29 is 4.79 Å². The number of rotatable bonds is 4. The van der Waals surface area contributed by atoms with Gasteiger partial charge in [0.25, 0.3) is 5.91 Å². The molecule has 2 rings (SSSR count). The molecule has 1 aliphatic carbocycles. The van der Waals surface area contributed by atoms with E-state index in [0.29, 0.717) is 11.6 Å². The summed E-state index contributed by atoms with van der Waals surface area (Å²) >= 11 is 0. The van der Waals surface area contributed by atoms with Crippen LogP contribution >= 0.6 is 0 Å². The molecule has 1 saturated carbocycles. The number of hydrogen-bond acceptors (Lipinski definition) is 3. The number of anilines is 1. The van der Waals surface area contributed by atoms with Crippen molar-refractivity contribution in [2.24, 2.45) is 0 Å². The SMILES string of the molecule is CC(C)NC(=O)c1cncc(NC2CCCCCC2)c1. The van der Waals surface area contributed by atoms with Crippen molar-refractivity contribution in [3.8, 4) is 0 Å². The van der Waals surface area contributed by atoms with E-state index in [1.54, 1.807) is 12.4 Å². The molecule has 1 amide bonds. The lowest BCUT2D eigenvalue weighted by Crippen LogP contribution is -2.30. The lowest BCUT2D eigenvalue weighted by Gasteiger charge is -2.18. The number of pyridine rings is 1. The lowest BCUT2D eigenvalue weighted by molar-refractivity contribution is 0.0943. The Morgan fingerprint density at radius 1 is 1.20 bits per heavy atom. The molecule has 1 heterocycles. The number of carbonyl (C=O) groups is 1. The van der Waals surface area contributed by atoms with E-state index in [-0.39, 0.29) is 11.9 Å². The molecular weight excluding hydrogens is 250 g/mol. The average Bonchev–Trinajstić information content (AvgIpc) is 2.67. The minimum absolute atomic E-state index is 0.0583. The fraction of sp³-hybridized carbons (Fsp3) is 0.625. The summed E-state index contributed by atoms with van der Waals surface area (Å²) in [5, 5.41) is 6.42. The van der Waals surface area contributed by atoms with Gasteiger partial charge in [-0.1, -0.05) is 25.7 Å². The predicted molar refractivity (Wildman–Crippen MR) is 82.0 cm³/mol. The van der Waals surface area contributed by atoms with Gasteiger partial charge in [-0.2, -0.15) is 0 Å². The summed E-state index contributed by atoms with van der Waals surface area (Å²) in [5.41, 5.74) is 1.57. The number of amides is 1. The first kappa shape index (κ1) is 14.8. The Morgan fingerprint density at radius 2 is 1.90 bits per heavy atom. The number of hydrogen-bond donors (Lipinski definition) is 2. The summed E-state index contributed by atoms with van der Waals surface area (Å²) < 4.78 is 0. The van der Waals surface area contributed by atoms with Gasteiger partial charge in [-0.05, 0) is 32.8 Å². The second kappa shape index (κ2) is 7.27. The van der Waals surface area contributed by atoms with Crippen molar-refractivity contribution in [2.75, 3.05) is 5.32 Å². The van der Waals surface area contributed by atoms with E-state index in [0.717, 1.165) is 5.69 Å². The molecule has 1 aliphatic rings. The minimum Gasteiger partial charge on any atom is -0.381 e. The van der Waals surface area contributed by atoms with Crippen LogP contribution in [0.4, 0.5) is 5.69 Å². The predicted octanol–water partition coefficient (Wildman–Crippen LogP) is 3.35. The molecule has 0 bridgehead atoms. The summed E-state index contributed by atoms with van der Waals surface area (Å²) in [6.07, 6.45) is 11.1. The molecule has 1 fully saturated rings. The molecule has 4 heteroatoms. The second-order valence-electron chi connectivity index (χ2n) is 5.92. The normalized spacial score (nSPS) is 16.8. The summed E-state index contributed by atoms with van der Waals surface area (Å²) in [6, 6.07) is 2.55. The standard InChI is InChI=1S/C16H25N3O/c1-12(2)18-16(20)13-9-15(11-17-10-13)19-14-7-5-3-4-6-8-14/h9-12,14,19H,3-8H2,1-2H3,(H,18,20). The van der Waals surface area contributed by atoms with E-state index in [4.69, 9.17) is 0 Å². The molecule has 2 N–H and O–H groups in total. The van der Waals surface area contributed by atoms with Crippen LogP contribution in [0.25, 0.3) is 0 Å². The molecule has 0 aromatic carbocycles. The third kappa shape index (κ3) is 4.51. The van der Waals surface area contributed by atoms with Crippen LogP contribution in [-0.4, -0.2) is 23.0 Å². The number of nitrogens with zero attached hydrogens (tertiary/aromatic N) is 1. The molecule has 4 nitrogen and oxygen atoms in total. The van der Waals surface area contributed by atoms with Gasteiger partial charge in [0, 0.05) is 24.5 Å². The van der Waals surface area contributed by atoms with Gasteiger partial charge < -0.3 is 10.6 Å². The smallest absolute Gasteiger partial charge is 0.253 e. The van der Waals surface area contributed by atoms with Gasteiger partial charge in [0.1, 0.15) is 0 Å². The zero-order valence-corrected chi connectivity index (χ0v) is 12.5. The zero-order valence-electron chi connectivity index (χ0n) is 12.5. The minimum atomic E-state index is -0.0583. The zero-order chi connectivity index (χ0) is 14.4. The van der Waals surface area contributed by atoms with Crippen molar-refractivity contribution in [3.63, 3.8) is 0 Å². The molecular formula is C16H25N3O. The molecule has 0 spiro atoms. The summed E-state index contributed by atoms with van der Waals surface area (Å²) in [4.78, 5) is 16.2. The largest absolute Gasteiger partial charge is 0.381 e. The molecule has 1 aromatic heterocycles. The third-order valence-electron chi connectivity index (χ3n) is 3.65. The Bertz CT molecular complexity index is 437. The van der Waals surface area contributed by atoms with E-state index in [1.165, 1.54) is 38.5 Å². The topological polar surface area (TPSA) is 54.0 Å². The highest BCUT2D eigenvalue weighted by Crippen LogP contribution is 2.21. The molecule has 0 radical (unpaired) electrons. The maximum Gasteiger partial charge on any atom is 0.253 e. The van der Waals surface area contributed by atoms with Gasteiger partial charge in [-0.25, -0.2) is 0 Å². The molecule has 1 aromatic rings. The summed E-state index contributed by atoms with van der Waals surface area (Å²) in [6.45, 7) is 3.91. The number of aromatic nitrogens is 1. The fourth-order valence-electron chi connectivity index (χ4n) is 2.65. The number of nitrogens with one attached hydrogen (secondary N) is 2. The molecule has 0 unspecified atom stereocenters. The van der Waals surface area contributed by atoms with Crippen LogP contribution < -0.4 is 10.6 Å². The Hall–Kier alpha value is -1.58. The van der Waals surface area contributed by atoms with Gasteiger partial charge in [0.2, 0.25) is 0 Å². The molecule has 0 atom stereocenters. The Morgan fingerprint density at radius 3 is 2.55 bits per heavy atom. The van der Waals surface area contributed by atoms with Gasteiger partial charge in [-0.15, -0.1) is 0 Å². The van der Waals surface area contributed by atoms with Crippen LogP contribution in [0.2, 0.25) is 0 Å². The highest BCUT2D eigenvalue weighted by atomic mass is 16.1. The van der Waals surface area contributed by atoms with Crippen molar-refractivity contribution in [1.82, 2.24) is 10.3 Å². The van der Waals surface area contributed by atoms with Crippen molar-refractivity contribution in [2.45, 2.75) is 64.5 Å². The molecule has 0 saturated heterocycles. The fourth-order valence-corrected chi connectivity index (χ4v) is 2.65. The Kier molecular flexibility index (Phi) is 5.39. The van der Waals surface area contributed by atoms with Crippen LogP contribution in [0.3, 0.4) is 0 Å². The van der Waals surface area contributed by atoms with E-state index in [2.05, 4.69) is 15.6 Å². The molecule has 110 valence electrons. The first-order chi connectivity index (χ1) is 9.65. The van der Waals surface area contributed by atoms with Crippen molar-refractivity contribution in [1.29, 1.82) is 0 Å². The average molecular weight is 275 g/mol. The van der Waals surface area contributed by atoms with Crippen molar-refractivity contribution >= 4 is 11.6 Å². The van der Waals surface area contributed by atoms with Gasteiger partial charge in [0.15, 0.2) is 0 Å². The van der Waals surface area contributed by atoms with Crippen LogP contribution in [0.5, 0.6) is 0 Å². The number of carbonyl (C=O) groups excluding carboxylic acids is 1. The van der Waals surface area contributed by atoms with Crippen LogP contribution in [0.15, 0.2) is 18.5 Å². The van der Waals surface area contributed by atoms with Crippen LogP contribution in [0.1, 0.15) is 62.7 Å². The van der Waals surface area contributed by atoms with E-state index in [9.17, 15) is 4.79 Å². The molecule has 20 heavy (non-hydrogen) atoms. The lowest BCUT2D eigenvalue weighted by atomic mass is 10.1. The first-order valence-electron chi connectivity index (χ1n) is 7.67. The maximum atomic E-state index is 12.0. The third-order valence-corrected chi connectivity index (χ3v) is 3.65. The van der Waals surface area contributed by atoms with E-state index < -0.39 is 0 Å². The monoisotopic (exact) mass is 275 g/mol. The molecule has 0 aliphatic heterocycles. The Labute approximate surface area is 121 Å². The maximum absolute atomic E-state index is 12.0. The first-order valence-corrected chi connectivity index (χ1v) is 7.67. The van der Waals surface area contributed by atoms with Crippen LogP contribution in [-0.2, 0) is 0 Å². The van der Waals surface area contributed by atoms with Crippen molar-refractivity contribution in [3.05, 3.63) is 24.0 Å². The quantitative estimate of drug-likeness (QED) is 0.828. The van der Waals surface area contributed by atoms with Gasteiger partial charge in [-0.3, -0.25) is 9.78 Å².